The van der Waals surface area contributed by atoms with Crippen molar-refractivity contribution in [3.63, 3.8) is 0 Å². The van der Waals surface area contributed by atoms with Crippen molar-refractivity contribution in [3.05, 3.63) is 43.6 Å². The molecule has 4 rings (SSSR count). The lowest BCUT2D eigenvalue weighted by atomic mass is 10.3. The highest BCUT2D eigenvalue weighted by molar-refractivity contribution is 9.10. The van der Waals surface area contributed by atoms with E-state index in [9.17, 15) is 10.1 Å². The molecule has 4 heterocycles. The van der Waals surface area contributed by atoms with E-state index in [1.54, 1.807) is 12.4 Å². The fourth-order valence-electron chi connectivity index (χ4n) is 3.06. The number of aromatic nitrogens is 2. The Bertz CT molecular complexity index is 876. The lowest BCUT2D eigenvalue weighted by Gasteiger charge is -2.28. The number of anilines is 3. The molecular weight excluding hydrogens is 524 g/mol. The SMILES string of the molecule is Nc1cc(Br)cnc1N1CCOCC1.O=[N+]([O-])c1cc(Br)cnc1N1CCOCC1. The number of morpholine rings is 2. The molecule has 10 nitrogen and oxygen atoms in total. The summed E-state index contributed by atoms with van der Waals surface area (Å²) < 4.78 is 12.0. The Balaban J connectivity index is 0.000000172. The number of nitrogens with two attached hydrogens (primary N) is 1. The van der Waals surface area contributed by atoms with Crippen LogP contribution in [-0.2, 0) is 9.47 Å². The van der Waals surface area contributed by atoms with Gasteiger partial charge in [-0.2, -0.15) is 0 Å². The van der Waals surface area contributed by atoms with Crippen molar-refractivity contribution in [3.8, 4) is 0 Å². The Labute approximate surface area is 190 Å². The summed E-state index contributed by atoms with van der Waals surface area (Å²) in [6.45, 7) is 5.64. The number of pyridine rings is 2. The normalized spacial score (nSPS) is 16.6. The van der Waals surface area contributed by atoms with Crippen LogP contribution < -0.4 is 15.5 Å². The lowest BCUT2D eigenvalue weighted by Crippen LogP contribution is -2.37. The van der Waals surface area contributed by atoms with Crippen LogP contribution in [0.3, 0.4) is 0 Å². The highest BCUT2D eigenvalue weighted by atomic mass is 79.9. The summed E-state index contributed by atoms with van der Waals surface area (Å²) in [5.41, 5.74) is 6.61. The third-order valence-electron chi connectivity index (χ3n) is 4.49. The fourth-order valence-corrected chi connectivity index (χ4v) is 3.73. The standard InChI is InChI=1S/C9H10BrN3O3.C9H12BrN3O/c10-7-5-8(13(14)15)9(11-6-7)12-1-3-16-4-2-12;10-7-5-8(11)9(12-6-7)13-1-3-14-4-2-13/h5-6H,1-4H2;5-6H,1-4,11H2. The van der Waals surface area contributed by atoms with Crippen molar-refractivity contribution in [2.45, 2.75) is 0 Å². The molecule has 0 saturated carbocycles. The lowest BCUT2D eigenvalue weighted by molar-refractivity contribution is -0.384. The molecule has 2 aliphatic heterocycles. The molecule has 2 fully saturated rings. The fraction of sp³-hybridized carbons (Fsp3) is 0.444. The predicted molar refractivity (Wildman–Crippen MR) is 121 cm³/mol. The van der Waals surface area contributed by atoms with Gasteiger partial charge in [0.15, 0.2) is 5.82 Å². The van der Waals surface area contributed by atoms with Crippen molar-refractivity contribution < 1.29 is 14.4 Å². The van der Waals surface area contributed by atoms with Crippen LogP contribution in [0.5, 0.6) is 0 Å². The van der Waals surface area contributed by atoms with Gasteiger partial charge in [0.25, 0.3) is 0 Å². The van der Waals surface area contributed by atoms with Gasteiger partial charge in [0, 0.05) is 53.6 Å². The molecule has 12 heteroatoms. The van der Waals surface area contributed by atoms with Gasteiger partial charge >= 0.3 is 5.69 Å². The number of hydrogen-bond acceptors (Lipinski definition) is 9. The molecule has 0 bridgehead atoms. The summed E-state index contributed by atoms with van der Waals surface area (Å²) in [6.07, 6.45) is 3.33. The zero-order valence-corrected chi connectivity index (χ0v) is 19.3. The monoisotopic (exact) mass is 544 g/mol. The van der Waals surface area contributed by atoms with Crippen molar-refractivity contribution in [2.75, 3.05) is 68.1 Å². The molecule has 2 aliphatic rings. The molecule has 2 aromatic rings. The van der Waals surface area contributed by atoms with Gasteiger partial charge in [0.1, 0.15) is 0 Å². The van der Waals surface area contributed by atoms with Crippen LogP contribution in [0, 0.1) is 10.1 Å². The van der Waals surface area contributed by atoms with Crippen LogP contribution in [0.4, 0.5) is 23.0 Å². The van der Waals surface area contributed by atoms with Gasteiger partial charge in [0.05, 0.1) is 37.0 Å². The molecule has 30 heavy (non-hydrogen) atoms. The van der Waals surface area contributed by atoms with Crippen LogP contribution >= 0.6 is 31.9 Å². The first-order chi connectivity index (χ1) is 14.5. The predicted octanol–water partition coefficient (Wildman–Crippen LogP) is 2.85. The first-order valence-corrected chi connectivity index (χ1v) is 10.9. The summed E-state index contributed by atoms with van der Waals surface area (Å²) in [7, 11) is 0. The van der Waals surface area contributed by atoms with Crippen molar-refractivity contribution in [2.24, 2.45) is 0 Å². The van der Waals surface area contributed by atoms with Crippen LogP contribution in [-0.4, -0.2) is 67.5 Å². The Morgan fingerprint density at radius 3 is 1.87 bits per heavy atom. The zero-order chi connectivity index (χ0) is 21.5. The Morgan fingerprint density at radius 1 is 0.900 bits per heavy atom. The van der Waals surface area contributed by atoms with E-state index in [1.165, 1.54) is 6.07 Å². The molecule has 2 saturated heterocycles. The summed E-state index contributed by atoms with van der Waals surface area (Å²) in [5.74, 6) is 1.27. The molecule has 0 spiro atoms. The molecular formula is C18H22Br2N6O4. The number of nitrogen functional groups attached to an aromatic ring is 1. The first kappa shape index (κ1) is 22.7. The third kappa shape index (κ3) is 6.00. The number of halogens is 2. The summed E-state index contributed by atoms with van der Waals surface area (Å²) in [4.78, 5) is 22.9. The van der Waals surface area contributed by atoms with Gasteiger partial charge in [0.2, 0.25) is 5.82 Å². The second-order valence-electron chi connectivity index (χ2n) is 6.52. The maximum absolute atomic E-state index is 10.9. The number of hydrogen-bond donors (Lipinski definition) is 1. The number of nitro groups is 1. The molecule has 2 N–H and O–H groups in total. The van der Waals surface area contributed by atoms with Gasteiger partial charge in [-0.25, -0.2) is 9.97 Å². The van der Waals surface area contributed by atoms with Crippen molar-refractivity contribution >= 4 is 54.9 Å². The topological polar surface area (TPSA) is 120 Å². The third-order valence-corrected chi connectivity index (χ3v) is 5.36. The van der Waals surface area contributed by atoms with Crippen LogP contribution in [0.2, 0.25) is 0 Å². The van der Waals surface area contributed by atoms with E-state index in [2.05, 4.69) is 46.7 Å². The van der Waals surface area contributed by atoms with Gasteiger partial charge < -0.3 is 25.0 Å². The van der Waals surface area contributed by atoms with E-state index < -0.39 is 4.92 Å². The Hall–Kier alpha value is -2.02. The van der Waals surface area contributed by atoms with Crippen LogP contribution in [0.1, 0.15) is 0 Å². The van der Waals surface area contributed by atoms with E-state index in [0.717, 1.165) is 36.6 Å². The number of ether oxygens (including phenoxy) is 2. The quantitative estimate of drug-likeness (QED) is 0.458. The minimum atomic E-state index is -0.414. The molecule has 0 atom stereocenters. The molecule has 0 radical (unpaired) electrons. The largest absolute Gasteiger partial charge is 0.396 e. The smallest absolute Gasteiger partial charge is 0.312 e. The number of rotatable bonds is 3. The van der Waals surface area contributed by atoms with Crippen LogP contribution in [0.15, 0.2) is 33.5 Å². The second-order valence-corrected chi connectivity index (χ2v) is 8.35. The Morgan fingerprint density at radius 2 is 1.37 bits per heavy atom. The molecule has 0 unspecified atom stereocenters. The molecule has 0 amide bonds. The van der Waals surface area contributed by atoms with Gasteiger partial charge in [-0.3, -0.25) is 10.1 Å². The molecule has 0 aliphatic carbocycles. The Kier molecular flexibility index (Phi) is 8.19. The van der Waals surface area contributed by atoms with E-state index in [4.69, 9.17) is 15.2 Å². The highest BCUT2D eigenvalue weighted by Gasteiger charge is 2.23. The summed E-state index contributed by atoms with van der Waals surface area (Å²) in [5, 5.41) is 10.9. The maximum Gasteiger partial charge on any atom is 0.312 e. The van der Waals surface area contributed by atoms with Crippen molar-refractivity contribution in [1.29, 1.82) is 0 Å². The molecule has 162 valence electrons. The van der Waals surface area contributed by atoms with E-state index in [1.807, 2.05) is 11.0 Å². The van der Waals surface area contributed by atoms with Gasteiger partial charge in [-0.05, 0) is 37.9 Å². The van der Waals surface area contributed by atoms with Gasteiger partial charge in [-0.15, -0.1) is 0 Å². The minimum absolute atomic E-state index is 0.0243. The second kappa shape index (κ2) is 10.8. The average Bonchev–Trinajstić information content (AvgIpc) is 2.75. The minimum Gasteiger partial charge on any atom is -0.396 e. The van der Waals surface area contributed by atoms with Crippen LogP contribution in [0.25, 0.3) is 0 Å². The van der Waals surface area contributed by atoms with E-state index in [-0.39, 0.29) is 5.69 Å². The highest BCUT2D eigenvalue weighted by Crippen LogP contribution is 2.29. The first-order valence-electron chi connectivity index (χ1n) is 9.32. The van der Waals surface area contributed by atoms with E-state index in [0.29, 0.717) is 42.3 Å². The molecule has 0 aromatic carbocycles. The number of nitrogens with zero attached hydrogens (tertiary/aromatic N) is 5. The van der Waals surface area contributed by atoms with Gasteiger partial charge in [-0.1, -0.05) is 0 Å². The summed E-state index contributed by atoms with van der Waals surface area (Å²) >= 11 is 6.51. The maximum atomic E-state index is 10.9. The van der Waals surface area contributed by atoms with Crippen molar-refractivity contribution in [1.82, 2.24) is 9.97 Å². The zero-order valence-electron chi connectivity index (χ0n) is 16.2. The molecule has 2 aromatic heterocycles. The summed E-state index contributed by atoms with van der Waals surface area (Å²) in [6, 6.07) is 3.34. The average molecular weight is 546 g/mol. The van der Waals surface area contributed by atoms with E-state index >= 15 is 0 Å².